The molecule has 146 valence electrons. The van der Waals surface area contributed by atoms with E-state index in [0.29, 0.717) is 5.56 Å². The van der Waals surface area contributed by atoms with Crippen LogP contribution in [0.4, 0.5) is 11.4 Å². The van der Waals surface area contributed by atoms with E-state index in [1.165, 1.54) is 0 Å². The molecule has 0 saturated heterocycles. The van der Waals surface area contributed by atoms with Crippen LogP contribution in [0.1, 0.15) is 34.5 Å². The molecule has 3 heterocycles. The van der Waals surface area contributed by atoms with Crippen molar-refractivity contribution >= 4 is 28.2 Å². The number of carbonyl (C=O) groups excluding carboxylic acids is 1. The van der Waals surface area contributed by atoms with Crippen LogP contribution in [-0.2, 0) is 7.05 Å². The lowest BCUT2D eigenvalue weighted by Crippen LogP contribution is -2.13. The van der Waals surface area contributed by atoms with Crippen LogP contribution in [0, 0.1) is 6.92 Å². The van der Waals surface area contributed by atoms with Crippen LogP contribution < -0.4 is 10.6 Å². The number of benzene rings is 1. The van der Waals surface area contributed by atoms with Gasteiger partial charge in [0.05, 0.1) is 23.6 Å². The summed E-state index contributed by atoms with van der Waals surface area (Å²) in [5.74, 6) is -0.178. The van der Waals surface area contributed by atoms with Crippen molar-refractivity contribution in [3.8, 4) is 0 Å². The number of rotatable bonds is 5. The Morgan fingerprint density at radius 3 is 2.76 bits per heavy atom. The van der Waals surface area contributed by atoms with E-state index in [1.54, 1.807) is 29.5 Å². The lowest BCUT2D eigenvalue weighted by Gasteiger charge is -2.17. The van der Waals surface area contributed by atoms with E-state index < -0.39 is 0 Å². The number of amides is 1. The number of aromatic nitrogens is 4. The molecule has 7 nitrogen and oxygen atoms in total. The van der Waals surface area contributed by atoms with Crippen molar-refractivity contribution in [3.63, 3.8) is 0 Å². The van der Waals surface area contributed by atoms with Crippen molar-refractivity contribution in [2.75, 3.05) is 10.6 Å². The topological polar surface area (TPSA) is 84.7 Å². The molecule has 0 aliphatic carbocycles. The van der Waals surface area contributed by atoms with Crippen molar-refractivity contribution in [3.05, 3.63) is 78.0 Å². The molecule has 0 bridgehead atoms. The summed E-state index contributed by atoms with van der Waals surface area (Å²) in [5, 5.41) is 11.9. The van der Waals surface area contributed by atoms with Crippen LogP contribution in [-0.4, -0.2) is 25.7 Å². The standard InChI is InChI=1S/C22H22N6O/c1-14-7-17(10-23-9-14)22(29)26-18-6-4-5-16(8-18)15(2)25-20-11-24-12-21-19(20)13-28(3)27-21/h4-13,15,25H,1-3H3,(H,26,29)/t15-/m0/s1. The smallest absolute Gasteiger partial charge is 0.257 e. The van der Waals surface area contributed by atoms with E-state index in [4.69, 9.17) is 0 Å². The summed E-state index contributed by atoms with van der Waals surface area (Å²) in [6.45, 7) is 3.98. The molecule has 3 aromatic heterocycles. The fourth-order valence-electron chi connectivity index (χ4n) is 3.26. The highest BCUT2D eigenvalue weighted by molar-refractivity contribution is 6.04. The maximum absolute atomic E-state index is 12.5. The minimum absolute atomic E-state index is 0.0140. The highest BCUT2D eigenvalue weighted by Crippen LogP contribution is 2.26. The molecule has 2 N–H and O–H groups in total. The highest BCUT2D eigenvalue weighted by atomic mass is 16.1. The first-order valence-electron chi connectivity index (χ1n) is 9.36. The molecule has 1 amide bonds. The van der Waals surface area contributed by atoms with Gasteiger partial charge in [0, 0.05) is 42.8 Å². The number of aryl methyl sites for hydroxylation is 2. The number of carbonyl (C=O) groups is 1. The minimum atomic E-state index is -0.178. The number of nitrogens with zero attached hydrogens (tertiary/aromatic N) is 4. The normalized spacial score (nSPS) is 12.0. The van der Waals surface area contributed by atoms with Crippen molar-refractivity contribution in [1.82, 2.24) is 19.7 Å². The maximum Gasteiger partial charge on any atom is 0.257 e. The third-order valence-corrected chi connectivity index (χ3v) is 4.70. The number of hydrogen-bond donors (Lipinski definition) is 2. The average Bonchev–Trinajstić information content (AvgIpc) is 3.09. The van der Waals surface area contributed by atoms with Crippen LogP contribution in [0.2, 0.25) is 0 Å². The number of nitrogens with one attached hydrogen (secondary N) is 2. The van der Waals surface area contributed by atoms with Gasteiger partial charge in [-0.2, -0.15) is 5.10 Å². The van der Waals surface area contributed by atoms with Crippen molar-refractivity contribution in [2.45, 2.75) is 19.9 Å². The van der Waals surface area contributed by atoms with Gasteiger partial charge in [-0.15, -0.1) is 0 Å². The Balaban J connectivity index is 1.52. The Morgan fingerprint density at radius 1 is 1.10 bits per heavy atom. The van der Waals surface area contributed by atoms with Gasteiger partial charge in [0.25, 0.3) is 5.91 Å². The van der Waals surface area contributed by atoms with Crippen LogP contribution in [0.15, 0.2) is 61.3 Å². The minimum Gasteiger partial charge on any atom is -0.377 e. The molecule has 4 rings (SSSR count). The maximum atomic E-state index is 12.5. The second-order valence-corrected chi connectivity index (χ2v) is 7.12. The molecule has 0 aliphatic rings. The van der Waals surface area contributed by atoms with Crippen molar-refractivity contribution < 1.29 is 4.79 Å². The largest absolute Gasteiger partial charge is 0.377 e. The predicted octanol–water partition coefficient (Wildman–Crippen LogP) is 4.10. The summed E-state index contributed by atoms with van der Waals surface area (Å²) in [7, 11) is 1.89. The molecule has 29 heavy (non-hydrogen) atoms. The van der Waals surface area contributed by atoms with E-state index in [2.05, 4.69) is 32.6 Å². The summed E-state index contributed by atoms with van der Waals surface area (Å²) in [6, 6.07) is 9.63. The summed E-state index contributed by atoms with van der Waals surface area (Å²) in [6.07, 6.45) is 8.82. The lowest BCUT2D eigenvalue weighted by atomic mass is 10.1. The Hall–Kier alpha value is -3.74. The number of fused-ring (bicyclic) bond motifs is 1. The highest BCUT2D eigenvalue weighted by Gasteiger charge is 2.12. The van der Waals surface area contributed by atoms with Crippen molar-refractivity contribution in [1.29, 1.82) is 0 Å². The summed E-state index contributed by atoms with van der Waals surface area (Å²) in [4.78, 5) is 20.9. The van der Waals surface area contributed by atoms with Crippen molar-refractivity contribution in [2.24, 2.45) is 7.05 Å². The quantitative estimate of drug-likeness (QED) is 0.539. The van der Waals surface area contributed by atoms with Gasteiger partial charge in [-0.3, -0.25) is 19.4 Å². The molecule has 1 aromatic carbocycles. The number of pyridine rings is 2. The molecule has 0 spiro atoms. The molecule has 7 heteroatoms. The van der Waals surface area contributed by atoms with Gasteiger partial charge in [0.2, 0.25) is 0 Å². The van der Waals surface area contributed by atoms with Gasteiger partial charge >= 0.3 is 0 Å². The molecule has 0 unspecified atom stereocenters. The monoisotopic (exact) mass is 386 g/mol. The molecule has 0 radical (unpaired) electrons. The van der Waals surface area contributed by atoms with E-state index >= 15 is 0 Å². The second kappa shape index (κ2) is 7.71. The third kappa shape index (κ3) is 4.08. The second-order valence-electron chi connectivity index (χ2n) is 7.12. The van der Waals surface area contributed by atoms with Crippen LogP contribution in [0.5, 0.6) is 0 Å². The first-order chi connectivity index (χ1) is 14.0. The van der Waals surface area contributed by atoms with E-state index in [-0.39, 0.29) is 11.9 Å². The van der Waals surface area contributed by atoms with Gasteiger partial charge in [-0.25, -0.2) is 0 Å². The van der Waals surface area contributed by atoms with E-state index in [9.17, 15) is 4.79 Å². The lowest BCUT2D eigenvalue weighted by molar-refractivity contribution is 0.102. The van der Waals surface area contributed by atoms with Crippen LogP contribution in [0.3, 0.4) is 0 Å². The Kier molecular flexibility index (Phi) is 4.95. The summed E-state index contributed by atoms with van der Waals surface area (Å²) in [5.41, 5.74) is 5.03. The SMILES string of the molecule is Cc1cncc(C(=O)Nc2cccc([C@H](C)Nc3cncc4nn(C)cc34)c2)c1. The number of anilines is 2. The van der Waals surface area contributed by atoms with Crippen LogP contribution >= 0.6 is 0 Å². The van der Waals surface area contributed by atoms with Gasteiger partial charge in [-0.05, 0) is 43.2 Å². The zero-order chi connectivity index (χ0) is 20.4. The summed E-state index contributed by atoms with van der Waals surface area (Å²) >= 11 is 0. The van der Waals surface area contributed by atoms with Gasteiger partial charge < -0.3 is 10.6 Å². The molecule has 0 aliphatic heterocycles. The van der Waals surface area contributed by atoms with Gasteiger partial charge in [0.15, 0.2) is 0 Å². The Labute approximate surface area is 168 Å². The summed E-state index contributed by atoms with van der Waals surface area (Å²) < 4.78 is 1.78. The number of hydrogen-bond acceptors (Lipinski definition) is 5. The molecule has 1 atom stereocenters. The van der Waals surface area contributed by atoms with Crippen LogP contribution in [0.25, 0.3) is 10.9 Å². The third-order valence-electron chi connectivity index (χ3n) is 4.70. The van der Waals surface area contributed by atoms with E-state index in [0.717, 1.165) is 33.4 Å². The van der Waals surface area contributed by atoms with Gasteiger partial charge in [-0.1, -0.05) is 12.1 Å². The Bertz CT molecular complexity index is 1180. The molecule has 0 saturated carbocycles. The van der Waals surface area contributed by atoms with Gasteiger partial charge in [0.1, 0.15) is 5.52 Å². The first kappa shape index (κ1) is 18.6. The fraction of sp³-hybridized carbons (Fsp3) is 0.182. The average molecular weight is 386 g/mol. The zero-order valence-corrected chi connectivity index (χ0v) is 16.5. The predicted molar refractivity (Wildman–Crippen MR) is 114 cm³/mol. The molecular weight excluding hydrogens is 364 g/mol. The zero-order valence-electron chi connectivity index (χ0n) is 16.5. The molecular formula is C22H22N6O. The molecule has 4 aromatic rings. The fourth-order valence-corrected chi connectivity index (χ4v) is 3.26. The molecule has 0 fully saturated rings. The first-order valence-corrected chi connectivity index (χ1v) is 9.36. The van der Waals surface area contributed by atoms with E-state index in [1.807, 2.05) is 50.5 Å². The Morgan fingerprint density at radius 2 is 1.93 bits per heavy atom.